The molecular weight excluding hydrogens is 305 g/mol. The van der Waals surface area contributed by atoms with Crippen molar-refractivity contribution in [3.05, 3.63) is 42.0 Å². The number of anilines is 1. The third-order valence-corrected chi connectivity index (χ3v) is 5.61. The van der Waals surface area contributed by atoms with E-state index in [-0.39, 0.29) is 13.3 Å². The maximum atomic E-state index is 13.0. The average Bonchev–Trinajstić information content (AvgIpc) is 2.99. The van der Waals surface area contributed by atoms with Crippen LogP contribution in [-0.2, 0) is 4.79 Å². The van der Waals surface area contributed by atoms with Crippen molar-refractivity contribution in [2.75, 3.05) is 5.32 Å². The Bertz CT molecular complexity index is 784. The highest BCUT2D eigenvalue weighted by atomic mass is 19.1. The lowest BCUT2D eigenvalue weighted by atomic mass is 9.99. The Balaban J connectivity index is 0.00000182. The molecule has 2 aliphatic carbocycles. The fourth-order valence-corrected chi connectivity index (χ4v) is 4.02. The van der Waals surface area contributed by atoms with Crippen molar-refractivity contribution in [3.8, 4) is 11.4 Å². The van der Waals surface area contributed by atoms with E-state index in [0.717, 1.165) is 59.8 Å². The number of amides is 1. The van der Waals surface area contributed by atoms with Gasteiger partial charge >= 0.3 is 0 Å². The first-order valence-corrected chi connectivity index (χ1v) is 8.42. The molecule has 24 heavy (non-hydrogen) atoms. The van der Waals surface area contributed by atoms with Crippen molar-refractivity contribution < 1.29 is 10.6 Å². The molecule has 2 aromatic rings. The van der Waals surface area contributed by atoms with E-state index in [1.807, 2.05) is 25.1 Å². The molecule has 1 aromatic carbocycles. The molecule has 1 heterocycles. The van der Waals surface area contributed by atoms with Gasteiger partial charge in [-0.15, -0.1) is 0 Å². The summed E-state index contributed by atoms with van der Waals surface area (Å²) in [6.45, 7) is 4.22. The largest absolute Gasteiger partial charge is 0.326 e. The highest BCUT2D eigenvalue weighted by Gasteiger charge is 2.54. The van der Waals surface area contributed by atoms with Gasteiger partial charge in [0.1, 0.15) is 0 Å². The summed E-state index contributed by atoms with van der Waals surface area (Å²) in [5, 5.41) is 3.02. The third-order valence-electron chi connectivity index (χ3n) is 5.61. The van der Waals surface area contributed by atoms with Crippen LogP contribution in [0.25, 0.3) is 11.4 Å². The molecular formula is C19H22FN3O. The number of rotatable bonds is 3. The van der Waals surface area contributed by atoms with E-state index in [9.17, 15) is 9.18 Å². The second-order valence-corrected chi connectivity index (χ2v) is 7.10. The summed E-state index contributed by atoms with van der Waals surface area (Å²) in [6.07, 6.45) is 4.33. The van der Waals surface area contributed by atoms with Crippen LogP contribution < -0.4 is 5.32 Å². The molecule has 4 nitrogen and oxygen atoms in total. The van der Waals surface area contributed by atoms with E-state index in [0.29, 0.717) is 5.82 Å². The van der Waals surface area contributed by atoms with E-state index >= 15 is 0 Å². The Kier molecular flexibility index (Phi) is 3.59. The molecule has 0 aliphatic heterocycles. The van der Waals surface area contributed by atoms with E-state index in [1.165, 1.54) is 0 Å². The van der Waals surface area contributed by atoms with Gasteiger partial charge in [0.15, 0.2) is 11.6 Å². The molecule has 0 saturated heterocycles. The zero-order valence-corrected chi connectivity index (χ0v) is 13.8. The number of benzene rings is 1. The summed E-state index contributed by atoms with van der Waals surface area (Å²) >= 11 is 0. The zero-order valence-electron chi connectivity index (χ0n) is 13.8. The molecule has 1 amide bonds. The topological polar surface area (TPSA) is 54.9 Å². The lowest BCUT2D eigenvalue weighted by Crippen LogP contribution is -2.22. The third kappa shape index (κ3) is 2.68. The van der Waals surface area contributed by atoms with Crippen molar-refractivity contribution in [2.45, 2.75) is 26.7 Å². The minimum absolute atomic E-state index is 0. The number of nitrogens with zero attached hydrogens (tertiary/aromatic N) is 2. The molecule has 0 bridgehead atoms. The van der Waals surface area contributed by atoms with Gasteiger partial charge in [-0.1, -0.05) is 13.0 Å². The van der Waals surface area contributed by atoms with E-state index in [2.05, 4.69) is 22.2 Å². The summed E-state index contributed by atoms with van der Waals surface area (Å²) in [6, 6.07) is 5.67. The molecule has 2 aliphatic rings. The molecule has 126 valence electrons. The number of carbonyl (C=O) groups excluding carboxylic acids is 1. The first kappa shape index (κ1) is 15.2. The maximum absolute atomic E-state index is 13.0. The predicted octanol–water partition coefficient (Wildman–Crippen LogP) is 4.07. The van der Waals surface area contributed by atoms with Gasteiger partial charge in [-0.05, 0) is 55.2 Å². The van der Waals surface area contributed by atoms with Gasteiger partial charge in [0.25, 0.3) is 0 Å². The fraction of sp³-hybridized carbons (Fsp3) is 0.421. The van der Waals surface area contributed by atoms with Crippen LogP contribution in [0.5, 0.6) is 0 Å². The first-order valence-electron chi connectivity index (χ1n) is 8.42. The number of nitrogens with one attached hydrogen (secondary N) is 1. The van der Waals surface area contributed by atoms with Gasteiger partial charge in [-0.25, -0.2) is 14.4 Å². The van der Waals surface area contributed by atoms with Gasteiger partial charge < -0.3 is 5.32 Å². The lowest BCUT2D eigenvalue weighted by molar-refractivity contribution is -0.120. The van der Waals surface area contributed by atoms with Crippen LogP contribution >= 0.6 is 0 Å². The molecule has 2 unspecified atom stereocenters. The summed E-state index contributed by atoms with van der Waals surface area (Å²) in [5.74, 6) is 2.53. The Morgan fingerprint density at radius 2 is 1.92 bits per heavy atom. The zero-order chi connectivity index (χ0) is 16.8. The van der Waals surface area contributed by atoms with Crippen LogP contribution in [-0.4, -0.2) is 15.9 Å². The summed E-state index contributed by atoms with van der Waals surface area (Å²) in [4.78, 5) is 20.5. The number of carbonyl (C=O) groups is 1. The Hall–Kier alpha value is -2.30. The molecule has 0 radical (unpaired) electrons. The highest BCUT2D eigenvalue weighted by Crippen LogP contribution is 2.59. The van der Waals surface area contributed by atoms with Crippen molar-refractivity contribution in [1.29, 1.82) is 0 Å². The average molecular weight is 327 g/mol. The van der Waals surface area contributed by atoms with E-state index in [4.69, 9.17) is 0 Å². The molecule has 2 atom stereocenters. The van der Waals surface area contributed by atoms with Gasteiger partial charge in [-0.3, -0.25) is 4.79 Å². The highest BCUT2D eigenvalue weighted by molar-refractivity contribution is 5.93. The van der Waals surface area contributed by atoms with Crippen LogP contribution in [0.3, 0.4) is 0 Å². The maximum Gasteiger partial charge on any atom is 0.227 e. The fourth-order valence-electron chi connectivity index (χ4n) is 4.02. The standard InChI is InChI=1S/C19H20FN3O.H2/c1-10-3-4-14(7-15(10)18-21-8-13(20)9-22-18)23-19(24)12-5-16-11(2)17(16)6-12;/h3-4,7-9,11-12,16-17H,5-6H2,1-2H3,(H,23,24);1H. The number of hydrogen-bond donors (Lipinski definition) is 1. The number of halogens is 1. The number of aryl methyl sites for hydroxylation is 1. The second-order valence-electron chi connectivity index (χ2n) is 7.10. The Morgan fingerprint density at radius 3 is 2.58 bits per heavy atom. The monoisotopic (exact) mass is 327 g/mol. The van der Waals surface area contributed by atoms with Crippen molar-refractivity contribution in [3.63, 3.8) is 0 Å². The molecule has 2 saturated carbocycles. The van der Waals surface area contributed by atoms with Gasteiger partial charge in [0.2, 0.25) is 5.91 Å². The molecule has 1 aromatic heterocycles. The quantitative estimate of drug-likeness (QED) is 0.924. The number of hydrogen-bond acceptors (Lipinski definition) is 3. The summed E-state index contributed by atoms with van der Waals surface area (Å²) in [7, 11) is 0. The first-order chi connectivity index (χ1) is 11.5. The molecule has 0 spiro atoms. The lowest BCUT2D eigenvalue weighted by Gasteiger charge is -2.14. The summed E-state index contributed by atoms with van der Waals surface area (Å²) < 4.78 is 13.0. The Labute approximate surface area is 142 Å². The number of aromatic nitrogens is 2. The van der Waals surface area contributed by atoms with Crippen LogP contribution in [0.15, 0.2) is 30.6 Å². The second kappa shape index (κ2) is 5.65. The van der Waals surface area contributed by atoms with Gasteiger partial charge in [0, 0.05) is 18.6 Å². The van der Waals surface area contributed by atoms with Gasteiger partial charge in [-0.2, -0.15) is 0 Å². The van der Waals surface area contributed by atoms with E-state index < -0.39 is 5.82 Å². The molecule has 1 N–H and O–H groups in total. The van der Waals surface area contributed by atoms with Crippen molar-refractivity contribution in [1.82, 2.24) is 9.97 Å². The van der Waals surface area contributed by atoms with Crippen LogP contribution in [0.4, 0.5) is 10.1 Å². The molecule has 2 fully saturated rings. The smallest absolute Gasteiger partial charge is 0.227 e. The van der Waals surface area contributed by atoms with Crippen LogP contribution in [0.2, 0.25) is 0 Å². The van der Waals surface area contributed by atoms with Crippen molar-refractivity contribution >= 4 is 11.6 Å². The van der Waals surface area contributed by atoms with E-state index in [1.54, 1.807) is 0 Å². The molecule has 5 heteroatoms. The predicted molar refractivity (Wildman–Crippen MR) is 91.8 cm³/mol. The molecule has 4 rings (SSSR count). The normalized spacial score (nSPS) is 27.6. The Morgan fingerprint density at radius 1 is 1.25 bits per heavy atom. The SMILES string of the molecule is Cc1ccc(NC(=O)C2CC3C(C)C3C2)cc1-c1ncc(F)cn1.[HH]. The summed E-state index contributed by atoms with van der Waals surface area (Å²) in [5.41, 5.74) is 2.52. The minimum Gasteiger partial charge on any atom is -0.326 e. The number of fused-ring (bicyclic) bond motifs is 1. The minimum atomic E-state index is -0.463. The van der Waals surface area contributed by atoms with Crippen LogP contribution in [0, 0.1) is 36.4 Å². The van der Waals surface area contributed by atoms with Crippen LogP contribution in [0.1, 0.15) is 26.8 Å². The van der Waals surface area contributed by atoms with Crippen molar-refractivity contribution in [2.24, 2.45) is 23.7 Å². The van der Waals surface area contributed by atoms with Gasteiger partial charge in [0.05, 0.1) is 12.4 Å².